The number of anilines is 1. The van der Waals surface area contributed by atoms with Crippen molar-refractivity contribution in [3.05, 3.63) is 33.9 Å². The molecule has 0 aromatic heterocycles. The van der Waals surface area contributed by atoms with E-state index in [-0.39, 0.29) is 17.3 Å². The van der Waals surface area contributed by atoms with Crippen LogP contribution in [-0.4, -0.2) is 53.9 Å². The van der Waals surface area contributed by atoms with Gasteiger partial charge in [0.15, 0.2) is 0 Å². The lowest BCUT2D eigenvalue weighted by Crippen LogP contribution is -2.34. The number of likely N-dealkylation sites (N-methyl/N-ethyl adjacent to an activating group) is 1. The fraction of sp³-hybridized carbons (Fsp3) is 0.462. The van der Waals surface area contributed by atoms with Gasteiger partial charge in [0.05, 0.1) is 4.92 Å². The Morgan fingerprint density at radius 1 is 1.33 bits per heavy atom. The van der Waals surface area contributed by atoms with Crippen LogP contribution in [0, 0.1) is 10.1 Å². The molecule has 0 saturated carbocycles. The Balaban J connectivity index is 2.22. The standard InChI is InChI=1S/C13H19N5O3/c1-16-5-2-6-17(8-7-16)13(19)10-3-4-11(15-14)12(9-10)18(20)21/h3-4,9,15H,2,5-8,14H2,1H3. The van der Waals surface area contributed by atoms with Crippen molar-refractivity contribution in [1.82, 2.24) is 9.80 Å². The fourth-order valence-electron chi connectivity index (χ4n) is 2.37. The number of nitrogens with zero attached hydrogens (tertiary/aromatic N) is 3. The highest BCUT2D eigenvalue weighted by Crippen LogP contribution is 2.25. The molecule has 114 valence electrons. The van der Waals surface area contributed by atoms with E-state index in [0.29, 0.717) is 18.7 Å². The molecule has 1 aromatic rings. The van der Waals surface area contributed by atoms with Gasteiger partial charge in [-0.25, -0.2) is 0 Å². The van der Waals surface area contributed by atoms with Gasteiger partial charge in [0.1, 0.15) is 5.69 Å². The summed E-state index contributed by atoms with van der Waals surface area (Å²) in [6, 6.07) is 4.28. The molecule has 21 heavy (non-hydrogen) atoms. The summed E-state index contributed by atoms with van der Waals surface area (Å²) in [4.78, 5) is 26.8. The van der Waals surface area contributed by atoms with E-state index in [1.807, 2.05) is 7.05 Å². The van der Waals surface area contributed by atoms with E-state index in [0.717, 1.165) is 19.5 Å². The Morgan fingerprint density at radius 2 is 2.10 bits per heavy atom. The molecule has 0 bridgehead atoms. The van der Waals surface area contributed by atoms with Crippen LogP contribution in [0.15, 0.2) is 18.2 Å². The summed E-state index contributed by atoms with van der Waals surface area (Å²) in [5.41, 5.74) is 2.56. The second-order valence-electron chi connectivity index (χ2n) is 5.08. The van der Waals surface area contributed by atoms with Gasteiger partial charge in [0, 0.05) is 31.3 Å². The number of hydrogen-bond donors (Lipinski definition) is 2. The van der Waals surface area contributed by atoms with Crippen LogP contribution in [0.3, 0.4) is 0 Å². The van der Waals surface area contributed by atoms with Crippen molar-refractivity contribution in [2.45, 2.75) is 6.42 Å². The molecule has 1 fully saturated rings. The van der Waals surface area contributed by atoms with Crippen LogP contribution >= 0.6 is 0 Å². The van der Waals surface area contributed by atoms with Gasteiger partial charge in [-0.2, -0.15) is 0 Å². The fourth-order valence-corrected chi connectivity index (χ4v) is 2.37. The van der Waals surface area contributed by atoms with Crippen LogP contribution in [0.2, 0.25) is 0 Å². The lowest BCUT2D eigenvalue weighted by Gasteiger charge is -2.20. The van der Waals surface area contributed by atoms with Crippen molar-refractivity contribution in [3.63, 3.8) is 0 Å². The van der Waals surface area contributed by atoms with E-state index in [9.17, 15) is 14.9 Å². The third-order valence-corrected chi connectivity index (χ3v) is 3.60. The highest BCUT2D eigenvalue weighted by atomic mass is 16.6. The van der Waals surface area contributed by atoms with Gasteiger partial charge in [-0.15, -0.1) is 0 Å². The van der Waals surface area contributed by atoms with E-state index < -0.39 is 4.92 Å². The SMILES string of the molecule is CN1CCCN(C(=O)c2ccc(NN)c([N+](=O)[O-])c2)CC1. The predicted octanol–water partition coefficient (Wildman–Crippen LogP) is 0.658. The third-order valence-electron chi connectivity index (χ3n) is 3.60. The highest BCUT2D eigenvalue weighted by molar-refractivity contribution is 5.95. The number of nitrogens with two attached hydrogens (primary N) is 1. The predicted molar refractivity (Wildman–Crippen MR) is 78.9 cm³/mol. The average molecular weight is 293 g/mol. The van der Waals surface area contributed by atoms with Crippen molar-refractivity contribution in [1.29, 1.82) is 0 Å². The van der Waals surface area contributed by atoms with Crippen molar-refractivity contribution in [2.24, 2.45) is 5.84 Å². The molecular formula is C13H19N5O3. The largest absolute Gasteiger partial charge is 0.337 e. The molecule has 0 atom stereocenters. The number of rotatable bonds is 3. The number of benzene rings is 1. The molecule has 0 spiro atoms. The molecular weight excluding hydrogens is 274 g/mol. The number of nitrogen functional groups attached to an aromatic ring is 1. The van der Waals surface area contributed by atoms with Gasteiger partial charge in [0.25, 0.3) is 11.6 Å². The number of carbonyl (C=O) groups is 1. The Labute approximate surface area is 122 Å². The van der Waals surface area contributed by atoms with E-state index in [2.05, 4.69) is 10.3 Å². The number of nitro benzene ring substituents is 1. The second kappa shape index (κ2) is 6.51. The van der Waals surface area contributed by atoms with Crippen molar-refractivity contribution >= 4 is 17.3 Å². The Hall–Kier alpha value is -2.19. The van der Waals surface area contributed by atoms with E-state index in [1.165, 1.54) is 12.1 Å². The Kier molecular flexibility index (Phi) is 4.71. The van der Waals surface area contributed by atoms with Gasteiger partial charge in [-0.3, -0.25) is 20.8 Å². The lowest BCUT2D eigenvalue weighted by atomic mass is 10.1. The van der Waals surface area contributed by atoms with Gasteiger partial charge < -0.3 is 15.2 Å². The molecule has 1 saturated heterocycles. The number of amides is 1. The first-order valence-electron chi connectivity index (χ1n) is 6.76. The molecule has 0 unspecified atom stereocenters. The van der Waals surface area contributed by atoms with Crippen LogP contribution in [0.1, 0.15) is 16.8 Å². The average Bonchev–Trinajstić information content (AvgIpc) is 2.70. The molecule has 3 N–H and O–H groups in total. The Morgan fingerprint density at radius 3 is 2.76 bits per heavy atom. The van der Waals surface area contributed by atoms with Crippen molar-refractivity contribution in [3.8, 4) is 0 Å². The summed E-state index contributed by atoms with van der Waals surface area (Å²) in [7, 11) is 2.01. The van der Waals surface area contributed by atoms with Gasteiger partial charge in [-0.05, 0) is 32.1 Å². The van der Waals surface area contributed by atoms with Crippen LogP contribution in [0.25, 0.3) is 0 Å². The maximum absolute atomic E-state index is 12.5. The van der Waals surface area contributed by atoms with Gasteiger partial charge in [0.2, 0.25) is 0 Å². The van der Waals surface area contributed by atoms with Gasteiger partial charge >= 0.3 is 0 Å². The first-order chi connectivity index (χ1) is 10.0. The topological polar surface area (TPSA) is 105 Å². The minimum atomic E-state index is -0.553. The summed E-state index contributed by atoms with van der Waals surface area (Å²) >= 11 is 0. The van der Waals surface area contributed by atoms with E-state index in [4.69, 9.17) is 5.84 Å². The molecule has 1 aliphatic heterocycles. The molecule has 8 heteroatoms. The summed E-state index contributed by atoms with van der Waals surface area (Å²) in [6.45, 7) is 3.03. The third kappa shape index (κ3) is 3.47. The smallest absolute Gasteiger partial charge is 0.294 e. The maximum Gasteiger partial charge on any atom is 0.294 e. The van der Waals surface area contributed by atoms with Crippen LogP contribution in [0.4, 0.5) is 11.4 Å². The van der Waals surface area contributed by atoms with Crippen molar-refractivity contribution < 1.29 is 9.72 Å². The van der Waals surface area contributed by atoms with Gasteiger partial charge in [-0.1, -0.05) is 0 Å². The summed E-state index contributed by atoms with van der Waals surface area (Å²) < 4.78 is 0. The van der Waals surface area contributed by atoms with E-state index >= 15 is 0 Å². The highest BCUT2D eigenvalue weighted by Gasteiger charge is 2.22. The van der Waals surface area contributed by atoms with E-state index in [1.54, 1.807) is 11.0 Å². The van der Waals surface area contributed by atoms with Crippen LogP contribution in [0.5, 0.6) is 0 Å². The summed E-state index contributed by atoms with van der Waals surface area (Å²) in [5.74, 6) is 5.05. The maximum atomic E-state index is 12.5. The first-order valence-corrected chi connectivity index (χ1v) is 6.76. The molecule has 1 amide bonds. The molecule has 1 aromatic carbocycles. The number of hydrazine groups is 1. The van der Waals surface area contributed by atoms with Crippen LogP contribution < -0.4 is 11.3 Å². The zero-order valence-corrected chi connectivity index (χ0v) is 11.9. The number of carbonyl (C=O) groups excluding carboxylic acids is 1. The zero-order valence-electron chi connectivity index (χ0n) is 11.9. The molecule has 0 radical (unpaired) electrons. The molecule has 1 heterocycles. The van der Waals surface area contributed by atoms with Crippen LogP contribution in [-0.2, 0) is 0 Å². The zero-order chi connectivity index (χ0) is 15.4. The summed E-state index contributed by atoms with van der Waals surface area (Å²) in [5, 5.41) is 11.0. The van der Waals surface area contributed by atoms with Crippen molar-refractivity contribution in [2.75, 3.05) is 38.7 Å². The first kappa shape index (κ1) is 15.2. The Bertz CT molecular complexity index is 549. The number of nitrogens with one attached hydrogen (secondary N) is 1. The number of hydrogen-bond acceptors (Lipinski definition) is 6. The molecule has 8 nitrogen and oxygen atoms in total. The minimum absolute atomic E-state index is 0.183. The second-order valence-corrected chi connectivity index (χ2v) is 5.08. The lowest BCUT2D eigenvalue weighted by molar-refractivity contribution is -0.384. The normalized spacial score (nSPS) is 16.4. The monoisotopic (exact) mass is 293 g/mol. The minimum Gasteiger partial charge on any atom is -0.337 e. The molecule has 1 aliphatic rings. The molecule has 2 rings (SSSR count). The summed E-state index contributed by atoms with van der Waals surface area (Å²) in [6.07, 6.45) is 0.896. The quantitative estimate of drug-likeness (QED) is 0.482. The number of nitro groups is 1. The molecule has 0 aliphatic carbocycles.